The van der Waals surface area contributed by atoms with Crippen molar-refractivity contribution in [3.05, 3.63) is 35.9 Å². The summed E-state index contributed by atoms with van der Waals surface area (Å²) >= 11 is 0. The van der Waals surface area contributed by atoms with Crippen molar-refractivity contribution in [3.8, 4) is 0 Å². The molecule has 0 saturated heterocycles. The average molecular weight is 191 g/mol. The van der Waals surface area contributed by atoms with Crippen molar-refractivity contribution in [1.82, 2.24) is 0 Å². The van der Waals surface area contributed by atoms with E-state index < -0.39 is 0 Å². The van der Waals surface area contributed by atoms with E-state index in [9.17, 15) is 0 Å². The summed E-state index contributed by atoms with van der Waals surface area (Å²) in [5, 5.41) is 0. The number of benzene rings is 1. The lowest BCUT2D eigenvalue weighted by Crippen LogP contribution is -2.44. The molecule has 0 bridgehead atoms. The molecule has 1 heteroatoms. The lowest BCUT2D eigenvalue weighted by atomic mass is 9.74. The number of hydrogen-bond acceptors (Lipinski definition) is 1. The largest absolute Gasteiger partial charge is 0.327 e. The topological polar surface area (TPSA) is 26.0 Å². The highest BCUT2D eigenvalue weighted by atomic mass is 14.7. The van der Waals surface area contributed by atoms with Crippen molar-refractivity contribution in [3.63, 3.8) is 0 Å². The fourth-order valence-electron chi connectivity index (χ4n) is 1.89. The summed E-state index contributed by atoms with van der Waals surface area (Å²) < 4.78 is 0. The van der Waals surface area contributed by atoms with E-state index in [0.29, 0.717) is 5.92 Å². The van der Waals surface area contributed by atoms with E-state index in [4.69, 9.17) is 5.73 Å². The molecule has 1 atom stereocenters. The molecule has 0 amide bonds. The van der Waals surface area contributed by atoms with Gasteiger partial charge in [0.15, 0.2) is 0 Å². The number of nitrogens with two attached hydrogens (primary N) is 1. The lowest BCUT2D eigenvalue weighted by Gasteiger charge is -2.34. The minimum Gasteiger partial charge on any atom is -0.327 e. The minimum absolute atomic E-state index is 0.0510. The van der Waals surface area contributed by atoms with Crippen molar-refractivity contribution in [2.75, 3.05) is 0 Å². The zero-order chi connectivity index (χ0) is 10.8. The minimum atomic E-state index is 0.0510. The third kappa shape index (κ3) is 2.16. The first-order chi connectivity index (χ1) is 6.46. The molecule has 1 aromatic carbocycles. The van der Waals surface area contributed by atoms with E-state index in [2.05, 4.69) is 52.0 Å². The van der Waals surface area contributed by atoms with E-state index in [-0.39, 0.29) is 11.5 Å². The molecule has 1 rings (SSSR count). The van der Waals surface area contributed by atoms with Crippen molar-refractivity contribution in [2.45, 2.75) is 39.2 Å². The van der Waals surface area contributed by atoms with Crippen LogP contribution >= 0.6 is 0 Å². The normalized spacial score (nSPS) is 14.4. The van der Waals surface area contributed by atoms with Crippen LogP contribution in [0.2, 0.25) is 0 Å². The maximum Gasteiger partial charge on any atom is 0.0154 e. The zero-order valence-electron chi connectivity index (χ0n) is 9.62. The molecule has 0 heterocycles. The van der Waals surface area contributed by atoms with Gasteiger partial charge >= 0.3 is 0 Å². The van der Waals surface area contributed by atoms with Crippen molar-refractivity contribution >= 4 is 0 Å². The third-order valence-corrected chi connectivity index (χ3v) is 3.07. The molecule has 0 aromatic heterocycles. The molecule has 2 N–H and O–H groups in total. The summed E-state index contributed by atoms with van der Waals surface area (Å²) in [6.45, 7) is 8.78. The van der Waals surface area contributed by atoms with Crippen molar-refractivity contribution in [1.29, 1.82) is 0 Å². The molecule has 14 heavy (non-hydrogen) atoms. The van der Waals surface area contributed by atoms with Crippen LogP contribution in [0.1, 0.15) is 33.3 Å². The monoisotopic (exact) mass is 191 g/mol. The van der Waals surface area contributed by atoms with Gasteiger partial charge < -0.3 is 5.73 Å². The Morgan fingerprint density at radius 3 is 2.00 bits per heavy atom. The van der Waals surface area contributed by atoms with Crippen LogP contribution in [-0.2, 0) is 5.41 Å². The van der Waals surface area contributed by atoms with E-state index in [1.165, 1.54) is 5.56 Å². The fraction of sp³-hybridized carbons (Fsp3) is 0.538. The Morgan fingerprint density at radius 1 is 1.07 bits per heavy atom. The smallest absolute Gasteiger partial charge is 0.0154 e. The standard InChI is InChI=1S/C13H21N/c1-10(2)12(14)13(3,4)11-8-6-5-7-9-11/h5-10,12H,14H2,1-4H3. The third-order valence-electron chi connectivity index (χ3n) is 3.07. The molecule has 0 aliphatic carbocycles. The summed E-state index contributed by atoms with van der Waals surface area (Å²) in [6.07, 6.45) is 0. The Bertz CT molecular complexity index is 275. The summed E-state index contributed by atoms with van der Waals surface area (Å²) in [7, 11) is 0. The van der Waals surface area contributed by atoms with Crippen LogP contribution in [0.3, 0.4) is 0 Å². The highest BCUT2D eigenvalue weighted by Crippen LogP contribution is 2.29. The highest BCUT2D eigenvalue weighted by molar-refractivity contribution is 5.25. The fourth-order valence-corrected chi connectivity index (χ4v) is 1.89. The van der Waals surface area contributed by atoms with Gasteiger partial charge in [-0.05, 0) is 11.5 Å². The van der Waals surface area contributed by atoms with Crippen LogP contribution in [0.5, 0.6) is 0 Å². The molecule has 1 nitrogen and oxygen atoms in total. The molecule has 78 valence electrons. The molecule has 0 radical (unpaired) electrons. The number of hydrogen-bond donors (Lipinski definition) is 1. The van der Waals surface area contributed by atoms with E-state index >= 15 is 0 Å². The molecule has 1 unspecified atom stereocenters. The van der Waals surface area contributed by atoms with Gasteiger partial charge in [-0.2, -0.15) is 0 Å². The molecule has 0 spiro atoms. The van der Waals surface area contributed by atoms with Crippen LogP contribution in [0, 0.1) is 5.92 Å². The Hall–Kier alpha value is -0.820. The van der Waals surface area contributed by atoms with Crippen molar-refractivity contribution < 1.29 is 0 Å². The molecule has 0 aliphatic rings. The summed E-state index contributed by atoms with van der Waals surface area (Å²) in [4.78, 5) is 0. The molecule has 0 aliphatic heterocycles. The Kier molecular flexibility index (Phi) is 3.33. The SMILES string of the molecule is CC(C)C(N)C(C)(C)c1ccccc1. The highest BCUT2D eigenvalue weighted by Gasteiger charge is 2.30. The van der Waals surface area contributed by atoms with Gasteiger partial charge in [-0.25, -0.2) is 0 Å². The Morgan fingerprint density at radius 2 is 1.57 bits per heavy atom. The zero-order valence-corrected chi connectivity index (χ0v) is 9.62. The van der Waals surface area contributed by atoms with Gasteiger partial charge in [0.2, 0.25) is 0 Å². The summed E-state index contributed by atoms with van der Waals surface area (Å²) in [5.74, 6) is 0.505. The van der Waals surface area contributed by atoms with Gasteiger partial charge in [-0.3, -0.25) is 0 Å². The molecule has 0 saturated carbocycles. The molecule has 0 fully saturated rings. The quantitative estimate of drug-likeness (QED) is 0.781. The van der Waals surface area contributed by atoms with Gasteiger partial charge in [-0.15, -0.1) is 0 Å². The van der Waals surface area contributed by atoms with Gasteiger partial charge in [0.05, 0.1) is 0 Å². The van der Waals surface area contributed by atoms with Crippen LogP contribution in [0.25, 0.3) is 0 Å². The van der Waals surface area contributed by atoms with Gasteiger partial charge in [0.25, 0.3) is 0 Å². The predicted molar refractivity (Wildman–Crippen MR) is 62.3 cm³/mol. The maximum absolute atomic E-state index is 6.23. The lowest BCUT2D eigenvalue weighted by molar-refractivity contribution is 0.329. The second kappa shape index (κ2) is 4.14. The van der Waals surface area contributed by atoms with Crippen molar-refractivity contribution in [2.24, 2.45) is 11.7 Å². The molecular formula is C13H21N. The molecular weight excluding hydrogens is 170 g/mol. The van der Waals surface area contributed by atoms with Crippen LogP contribution in [-0.4, -0.2) is 6.04 Å². The van der Waals surface area contributed by atoms with Crippen LogP contribution in [0.15, 0.2) is 30.3 Å². The first-order valence-electron chi connectivity index (χ1n) is 5.27. The summed E-state index contributed by atoms with van der Waals surface area (Å²) in [6, 6.07) is 10.7. The van der Waals surface area contributed by atoms with E-state index in [1.807, 2.05) is 6.07 Å². The first kappa shape index (κ1) is 11.3. The molecule has 1 aromatic rings. The van der Waals surface area contributed by atoms with Crippen LogP contribution < -0.4 is 5.73 Å². The van der Waals surface area contributed by atoms with Gasteiger partial charge in [0.1, 0.15) is 0 Å². The van der Waals surface area contributed by atoms with Gasteiger partial charge in [0, 0.05) is 11.5 Å². The van der Waals surface area contributed by atoms with Gasteiger partial charge in [-0.1, -0.05) is 58.0 Å². The van der Waals surface area contributed by atoms with E-state index in [0.717, 1.165) is 0 Å². The summed E-state index contributed by atoms with van der Waals surface area (Å²) in [5.41, 5.74) is 7.60. The predicted octanol–water partition coefficient (Wildman–Crippen LogP) is 2.95. The second-order valence-electron chi connectivity index (χ2n) is 4.86. The Balaban J connectivity index is 2.96. The number of rotatable bonds is 3. The van der Waals surface area contributed by atoms with Crippen LogP contribution in [0.4, 0.5) is 0 Å². The maximum atomic E-state index is 6.23. The first-order valence-corrected chi connectivity index (χ1v) is 5.27. The second-order valence-corrected chi connectivity index (χ2v) is 4.86. The average Bonchev–Trinajstić information content (AvgIpc) is 2.18. The Labute approximate surface area is 87.3 Å². The van der Waals surface area contributed by atoms with E-state index in [1.54, 1.807) is 0 Å².